The molecule has 2 amide bonds. The van der Waals surface area contributed by atoms with Gasteiger partial charge in [-0.2, -0.15) is 0 Å². The lowest BCUT2D eigenvalue weighted by atomic mass is 9.88. The van der Waals surface area contributed by atoms with E-state index in [1.165, 1.54) is 0 Å². The lowest BCUT2D eigenvalue weighted by molar-refractivity contribution is 0.167. The van der Waals surface area contributed by atoms with Crippen molar-refractivity contribution >= 4 is 11.9 Å². The summed E-state index contributed by atoms with van der Waals surface area (Å²) in [5, 5.41) is 10.7. The second-order valence-corrected chi connectivity index (χ2v) is 4.74. The zero-order valence-electron chi connectivity index (χ0n) is 10.0. The first kappa shape index (κ1) is 11.4. The fourth-order valence-electron chi connectivity index (χ4n) is 2.84. The van der Waals surface area contributed by atoms with Crippen LogP contribution in [0.5, 0.6) is 0 Å². The van der Waals surface area contributed by atoms with E-state index in [4.69, 9.17) is 5.41 Å². The molecule has 0 bridgehead atoms. The second kappa shape index (κ2) is 4.05. The molecule has 2 fully saturated rings. The normalized spacial score (nSPS) is 32.0. The number of likely N-dealkylation sites (N-methyl/N-ethyl adjacent to an activating group) is 1. The smallest absolute Gasteiger partial charge is 0.312 e. The van der Waals surface area contributed by atoms with Crippen LogP contribution in [0.1, 0.15) is 26.2 Å². The molecule has 1 unspecified atom stereocenters. The number of amidine groups is 1. The number of hydrogen-bond acceptors (Lipinski definition) is 3. The average molecular weight is 224 g/mol. The fourth-order valence-corrected chi connectivity index (χ4v) is 2.84. The number of carbonyl (C=O) groups excluding carboxylic acids is 1. The molecule has 0 saturated carbocycles. The summed E-state index contributed by atoms with van der Waals surface area (Å²) in [5.74, 6) is 0.398. The van der Waals surface area contributed by atoms with Gasteiger partial charge in [0.15, 0.2) is 0 Å². The Kier molecular flexibility index (Phi) is 2.88. The first-order chi connectivity index (χ1) is 7.60. The van der Waals surface area contributed by atoms with Gasteiger partial charge in [0.25, 0.3) is 0 Å². The van der Waals surface area contributed by atoms with Crippen LogP contribution in [0.15, 0.2) is 0 Å². The number of rotatable bonds is 1. The maximum absolute atomic E-state index is 11.7. The molecule has 2 saturated heterocycles. The number of urea groups is 1. The third-order valence-corrected chi connectivity index (χ3v) is 3.81. The maximum atomic E-state index is 11.7. The summed E-state index contributed by atoms with van der Waals surface area (Å²) in [5.41, 5.74) is -0.351. The van der Waals surface area contributed by atoms with Crippen molar-refractivity contribution in [2.45, 2.75) is 31.7 Å². The van der Waals surface area contributed by atoms with Gasteiger partial charge in [0.1, 0.15) is 11.4 Å². The molecule has 90 valence electrons. The highest BCUT2D eigenvalue weighted by Gasteiger charge is 2.49. The Balaban J connectivity index is 2.26. The first-order valence-corrected chi connectivity index (χ1v) is 5.96. The topological polar surface area (TPSA) is 59.4 Å². The number of carbonyl (C=O) groups is 1. The van der Waals surface area contributed by atoms with Crippen LogP contribution in [0, 0.1) is 5.41 Å². The Morgan fingerprint density at radius 3 is 2.88 bits per heavy atom. The van der Waals surface area contributed by atoms with E-state index in [0.717, 1.165) is 32.4 Å². The third kappa shape index (κ3) is 1.59. The summed E-state index contributed by atoms with van der Waals surface area (Å²) in [7, 11) is 2.10. The van der Waals surface area contributed by atoms with Crippen molar-refractivity contribution in [1.82, 2.24) is 15.1 Å². The van der Waals surface area contributed by atoms with E-state index in [1.807, 2.05) is 11.8 Å². The molecule has 0 radical (unpaired) electrons. The minimum atomic E-state index is -0.351. The fraction of sp³-hybridized carbons (Fsp3) is 0.818. The lowest BCUT2D eigenvalue weighted by Crippen LogP contribution is -2.49. The van der Waals surface area contributed by atoms with Crippen LogP contribution in [0.25, 0.3) is 0 Å². The molecule has 0 aromatic rings. The van der Waals surface area contributed by atoms with Crippen LogP contribution < -0.4 is 5.32 Å². The second-order valence-electron chi connectivity index (χ2n) is 4.74. The van der Waals surface area contributed by atoms with Gasteiger partial charge in [-0.25, -0.2) is 4.79 Å². The summed E-state index contributed by atoms with van der Waals surface area (Å²) in [4.78, 5) is 15.8. The van der Waals surface area contributed by atoms with Crippen LogP contribution in [0.3, 0.4) is 0 Å². The Morgan fingerprint density at radius 2 is 2.19 bits per heavy atom. The summed E-state index contributed by atoms with van der Waals surface area (Å²) in [6.07, 6.45) is 2.82. The van der Waals surface area contributed by atoms with Gasteiger partial charge in [0.2, 0.25) is 0 Å². The molecule has 5 nitrogen and oxygen atoms in total. The van der Waals surface area contributed by atoms with Gasteiger partial charge in [0, 0.05) is 13.1 Å². The van der Waals surface area contributed by atoms with Crippen molar-refractivity contribution < 1.29 is 4.79 Å². The predicted molar refractivity (Wildman–Crippen MR) is 62.7 cm³/mol. The van der Waals surface area contributed by atoms with E-state index >= 15 is 0 Å². The van der Waals surface area contributed by atoms with Gasteiger partial charge in [0.05, 0.1) is 0 Å². The molecule has 1 atom stereocenters. The number of amides is 2. The van der Waals surface area contributed by atoms with Crippen LogP contribution in [-0.4, -0.2) is 53.9 Å². The molecule has 2 heterocycles. The zero-order chi connectivity index (χ0) is 11.8. The van der Waals surface area contributed by atoms with E-state index in [0.29, 0.717) is 12.4 Å². The molecule has 0 aromatic carbocycles. The SMILES string of the molecule is CCN1C(=O)NC(=N)C12CCCN(C)CC2. The van der Waals surface area contributed by atoms with Gasteiger partial charge in [-0.05, 0) is 39.8 Å². The Labute approximate surface area is 96.3 Å². The minimum Gasteiger partial charge on any atom is -0.312 e. The van der Waals surface area contributed by atoms with Crippen molar-refractivity contribution in [2.75, 3.05) is 26.7 Å². The summed E-state index contributed by atoms with van der Waals surface area (Å²) >= 11 is 0. The quantitative estimate of drug-likeness (QED) is 0.694. The first-order valence-electron chi connectivity index (χ1n) is 5.96. The number of nitrogens with zero attached hydrogens (tertiary/aromatic N) is 2. The predicted octanol–water partition coefficient (Wildman–Crippen LogP) is 0.863. The van der Waals surface area contributed by atoms with Crippen molar-refractivity contribution in [3.63, 3.8) is 0 Å². The van der Waals surface area contributed by atoms with Crippen molar-refractivity contribution in [2.24, 2.45) is 0 Å². The molecule has 2 aliphatic heterocycles. The molecule has 2 aliphatic rings. The average Bonchev–Trinajstić information content (AvgIpc) is 2.39. The number of likely N-dealkylation sites (tertiary alicyclic amines) is 1. The van der Waals surface area contributed by atoms with Gasteiger partial charge < -0.3 is 9.80 Å². The molecule has 0 aromatic heterocycles. The number of hydrogen-bond donors (Lipinski definition) is 2. The third-order valence-electron chi connectivity index (χ3n) is 3.81. The van der Waals surface area contributed by atoms with E-state index in [2.05, 4.69) is 17.3 Å². The zero-order valence-corrected chi connectivity index (χ0v) is 10.0. The van der Waals surface area contributed by atoms with Gasteiger partial charge >= 0.3 is 6.03 Å². The Bertz CT molecular complexity index is 317. The van der Waals surface area contributed by atoms with Gasteiger partial charge in [-0.1, -0.05) is 0 Å². The lowest BCUT2D eigenvalue weighted by Gasteiger charge is -2.35. The van der Waals surface area contributed by atoms with E-state index < -0.39 is 0 Å². The molecule has 2 N–H and O–H groups in total. The standard InChI is InChI=1S/C11H20N4O/c1-3-15-10(16)13-9(12)11(15)5-4-7-14(2)8-6-11/h3-8H2,1-2H3,(H2,12,13,16). The Morgan fingerprint density at radius 1 is 1.44 bits per heavy atom. The van der Waals surface area contributed by atoms with E-state index in [9.17, 15) is 4.79 Å². The highest BCUT2D eigenvalue weighted by Crippen LogP contribution is 2.32. The van der Waals surface area contributed by atoms with Gasteiger partial charge in [-0.3, -0.25) is 10.7 Å². The van der Waals surface area contributed by atoms with Crippen molar-refractivity contribution in [3.8, 4) is 0 Å². The molecule has 1 spiro atoms. The highest BCUT2D eigenvalue weighted by molar-refractivity contribution is 6.08. The highest BCUT2D eigenvalue weighted by atomic mass is 16.2. The van der Waals surface area contributed by atoms with Crippen LogP contribution in [-0.2, 0) is 0 Å². The van der Waals surface area contributed by atoms with Crippen LogP contribution in [0.2, 0.25) is 0 Å². The van der Waals surface area contributed by atoms with E-state index in [1.54, 1.807) is 0 Å². The summed E-state index contributed by atoms with van der Waals surface area (Å²) < 4.78 is 0. The largest absolute Gasteiger partial charge is 0.323 e. The Hall–Kier alpha value is -1.10. The van der Waals surface area contributed by atoms with E-state index in [-0.39, 0.29) is 11.6 Å². The molecular weight excluding hydrogens is 204 g/mol. The van der Waals surface area contributed by atoms with Gasteiger partial charge in [-0.15, -0.1) is 0 Å². The monoisotopic (exact) mass is 224 g/mol. The van der Waals surface area contributed by atoms with Crippen molar-refractivity contribution in [3.05, 3.63) is 0 Å². The molecule has 16 heavy (non-hydrogen) atoms. The van der Waals surface area contributed by atoms with Crippen LogP contribution in [0.4, 0.5) is 4.79 Å². The minimum absolute atomic E-state index is 0.1000. The number of nitrogens with one attached hydrogen (secondary N) is 2. The maximum Gasteiger partial charge on any atom is 0.323 e. The molecule has 2 rings (SSSR count). The van der Waals surface area contributed by atoms with Crippen LogP contribution >= 0.6 is 0 Å². The molecular formula is C11H20N4O. The van der Waals surface area contributed by atoms with Crippen molar-refractivity contribution in [1.29, 1.82) is 5.41 Å². The summed E-state index contributed by atoms with van der Waals surface area (Å²) in [6.45, 7) is 4.67. The molecule has 0 aliphatic carbocycles. The molecule has 5 heteroatoms. The summed E-state index contributed by atoms with van der Waals surface area (Å²) in [6, 6.07) is -0.1000.